The zero-order valence-corrected chi connectivity index (χ0v) is 27.8. The van der Waals surface area contributed by atoms with Gasteiger partial charge in [-0.25, -0.2) is 0 Å². The molecule has 0 saturated carbocycles. The second kappa shape index (κ2) is 18.2. The highest BCUT2D eigenvalue weighted by Crippen LogP contribution is 2.33. The summed E-state index contributed by atoms with van der Waals surface area (Å²) in [6.45, 7) is 1.49. The Bertz CT molecular complexity index is 1720. The topological polar surface area (TPSA) is 92.7 Å². The minimum atomic E-state index is -0.943. The second-order valence-electron chi connectivity index (χ2n) is 12.2. The maximum absolute atomic E-state index is 11.5. The molecule has 1 heterocycles. The van der Waals surface area contributed by atoms with Gasteiger partial charge in [0.15, 0.2) is 0 Å². The summed E-state index contributed by atoms with van der Waals surface area (Å²) in [5.74, 6) is -0.472. The zero-order valence-electron chi connectivity index (χ0n) is 27.8. The van der Waals surface area contributed by atoms with Crippen LogP contribution in [0.1, 0.15) is 27.8 Å². The van der Waals surface area contributed by atoms with Crippen LogP contribution in [0, 0.1) is 0 Å². The van der Waals surface area contributed by atoms with E-state index in [2.05, 4.69) is 0 Å². The molecule has 5 atom stereocenters. The van der Waals surface area contributed by atoms with Gasteiger partial charge in [0.2, 0.25) is 6.29 Å². The molecule has 0 aliphatic carbocycles. The lowest BCUT2D eigenvalue weighted by Crippen LogP contribution is -2.62. The molecule has 0 radical (unpaired) electrons. The number of rotatable bonds is 17. The Labute approximate surface area is 293 Å². The summed E-state index contributed by atoms with van der Waals surface area (Å²) in [6.07, 6.45) is -3.67. The third-order valence-electron chi connectivity index (χ3n) is 8.35. The van der Waals surface area contributed by atoms with Crippen molar-refractivity contribution in [3.63, 3.8) is 0 Å². The van der Waals surface area contributed by atoms with E-state index in [-0.39, 0.29) is 19.6 Å². The molecule has 8 nitrogen and oxygen atoms in total. The molecule has 1 saturated heterocycles. The van der Waals surface area contributed by atoms with Crippen molar-refractivity contribution in [1.82, 2.24) is 0 Å². The molecule has 5 aromatic carbocycles. The highest BCUT2D eigenvalue weighted by atomic mass is 16.7. The highest BCUT2D eigenvalue weighted by Gasteiger charge is 2.49. The quantitative estimate of drug-likeness (QED) is 0.109. The molecule has 258 valence electrons. The Morgan fingerprint density at radius 3 is 1.52 bits per heavy atom. The first-order chi connectivity index (χ1) is 24.6. The van der Waals surface area contributed by atoms with Crippen LogP contribution in [-0.2, 0) is 61.3 Å². The molecule has 50 heavy (non-hydrogen) atoms. The number of carboxylic acid groups (broad SMARTS) is 1. The molecule has 0 spiro atoms. The average Bonchev–Trinajstić information content (AvgIpc) is 3.14. The monoisotopic (exact) mass is 674 g/mol. The summed E-state index contributed by atoms with van der Waals surface area (Å²) >= 11 is 0. The molecule has 6 rings (SSSR count). The Balaban J connectivity index is 1.33. The molecular formula is C42H42O8. The molecular weight excluding hydrogens is 632 g/mol. The van der Waals surface area contributed by atoms with Crippen LogP contribution in [0.25, 0.3) is 0 Å². The smallest absolute Gasteiger partial charge is 0.307 e. The fourth-order valence-corrected chi connectivity index (χ4v) is 5.88. The van der Waals surface area contributed by atoms with E-state index in [4.69, 9.17) is 28.4 Å². The molecule has 1 fully saturated rings. The van der Waals surface area contributed by atoms with Crippen LogP contribution in [0.5, 0.6) is 5.75 Å². The van der Waals surface area contributed by atoms with E-state index in [1.54, 1.807) is 24.3 Å². The first-order valence-electron chi connectivity index (χ1n) is 16.8. The summed E-state index contributed by atoms with van der Waals surface area (Å²) in [4.78, 5) is 11.5. The zero-order chi connectivity index (χ0) is 34.4. The Morgan fingerprint density at radius 1 is 0.540 bits per heavy atom. The minimum absolute atomic E-state index is 0.134. The number of carbonyl (C=O) groups is 1. The van der Waals surface area contributed by atoms with Gasteiger partial charge in [0.1, 0.15) is 30.2 Å². The molecule has 1 aliphatic rings. The SMILES string of the molecule is O=C(O)Cc1cccc(OC2OC(COCc3ccccc3)C(OCc3ccccc3)C(OCc3ccccc3)C2OCc2ccccc2)c1. The molecule has 0 aromatic heterocycles. The fraction of sp³-hybridized carbons (Fsp3) is 0.262. The highest BCUT2D eigenvalue weighted by molar-refractivity contribution is 5.70. The number of ether oxygens (including phenoxy) is 6. The van der Waals surface area contributed by atoms with Crippen LogP contribution < -0.4 is 4.74 Å². The third-order valence-corrected chi connectivity index (χ3v) is 8.35. The van der Waals surface area contributed by atoms with Crippen molar-refractivity contribution in [3.05, 3.63) is 173 Å². The van der Waals surface area contributed by atoms with E-state index in [1.807, 2.05) is 121 Å². The predicted molar refractivity (Wildman–Crippen MR) is 188 cm³/mol. The molecule has 5 unspecified atom stereocenters. The van der Waals surface area contributed by atoms with Gasteiger partial charge < -0.3 is 33.5 Å². The maximum atomic E-state index is 11.5. The van der Waals surface area contributed by atoms with Gasteiger partial charge in [-0.3, -0.25) is 4.79 Å². The van der Waals surface area contributed by atoms with Crippen LogP contribution in [-0.4, -0.2) is 48.4 Å². The van der Waals surface area contributed by atoms with E-state index in [0.29, 0.717) is 31.1 Å². The maximum Gasteiger partial charge on any atom is 0.307 e. The first-order valence-corrected chi connectivity index (χ1v) is 16.8. The van der Waals surface area contributed by atoms with Crippen LogP contribution >= 0.6 is 0 Å². The number of carboxylic acids is 1. The average molecular weight is 675 g/mol. The predicted octanol–water partition coefficient (Wildman–Crippen LogP) is 7.39. The van der Waals surface area contributed by atoms with Crippen molar-refractivity contribution in [2.24, 2.45) is 0 Å². The lowest BCUT2D eigenvalue weighted by atomic mass is 9.97. The second-order valence-corrected chi connectivity index (χ2v) is 12.2. The largest absolute Gasteiger partial charge is 0.481 e. The van der Waals surface area contributed by atoms with Crippen LogP contribution in [0.2, 0.25) is 0 Å². The third kappa shape index (κ3) is 10.3. The Kier molecular flexibility index (Phi) is 12.8. The lowest BCUT2D eigenvalue weighted by Gasteiger charge is -2.45. The van der Waals surface area contributed by atoms with E-state index in [1.165, 1.54) is 0 Å². The van der Waals surface area contributed by atoms with Crippen LogP contribution in [0.4, 0.5) is 0 Å². The molecule has 1 aliphatic heterocycles. The molecule has 0 bridgehead atoms. The standard InChI is InChI=1S/C42H42O8/c43-38(44)25-35-22-13-23-36(24-35)49-42-41(48-29-34-20-11-4-12-21-34)40(47-28-33-18-9-3-10-19-33)39(46-27-32-16-7-2-8-17-32)37(50-42)30-45-26-31-14-5-1-6-15-31/h1-24,37,39-42H,25-30H2,(H,43,44). The van der Waals surface area contributed by atoms with Gasteiger partial charge in [0.05, 0.1) is 39.5 Å². The number of hydrogen-bond acceptors (Lipinski definition) is 7. The van der Waals surface area contributed by atoms with E-state index in [9.17, 15) is 9.90 Å². The van der Waals surface area contributed by atoms with Crippen molar-refractivity contribution in [2.75, 3.05) is 6.61 Å². The first kappa shape index (κ1) is 35.0. The van der Waals surface area contributed by atoms with Crippen molar-refractivity contribution in [1.29, 1.82) is 0 Å². The van der Waals surface area contributed by atoms with Crippen LogP contribution in [0.3, 0.4) is 0 Å². The van der Waals surface area contributed by atoms with E-state index >= 15 is 0 Å². The van der Waals surface area contributed by atoms with Gasteiger partial charge in [-0.15, -0.1) is 0 Å². The van der Waals surface area contributed by atoms with Gasteiger partial charge >= 0.3 is 5.97 Å². The van der Waals surface area contributed by atoms with Crippen molar-refractivity contribution < 1.29 is 38.3 Å². The number of aliphatic carboxylic acids is 1. The number of hydrogen-bond donors (Lipinski definition) is 1. The van der Waals surface area contributed by atoms with Gasteiger partial charge in [0, 0.05) is 0 Å². The van der Waals surface area contributed by atoms with E-state index in [0.717, 1.165) is 22.3 Å². The van der Waals surface area contributed by atoms with Crippen molar-refractivity contribution in [3.8, 4) is 5.75 Å². The summed E-state index contributed by atoms with van der Waals surface area (Å²) in [5.41, 5.74) is 4.63. The normalized spacial score (nSPS) is 20.3. The summed E-state index contributed by atoms with van der Waals surface area (Å²) in [7, 11) is 0. The molecule has 1 N–H and O–H groups in total. The van der Waals surface area contributed by atoms with Crippen LogP contribution in [0.15, 0.2) is 146 Å². The molecule has 8 heteroatoms. The minimum Gasteiger partial charge on any atom is -0.481 e. The van der Waals surface area contributed by atoms with E-state index < -0.39 is 36.7 Å². The molecule has 5 aromatic rings. The number of benzene rings is 5. The van der Waals surface area contributed by atoms with Gasteiger partial charge in [-0.2, -0.15) is 0 Å². The fourth-order valence-electron chi connectivity index (χ4n) is 5.88. The summed E-state index contributed by atoms with van der Waals surface area (Å²) in [6, 6.07) is 46.8. The summed E-state index contributed by atoms with van der Waals surface area (Å²) < 4.78 is 39.7. The molecule has 0 amide bonds. The Morgan fingerprint density at radius 2 is 1.00 bits per heavy atom. The van der Waals surface area contributed by atoms with Crippen molar-refractivity contribution in [2.45, 2.75) is 63.6 Å². The van der Waals surface area contributed by atoms with Crippen molar-refractivity contribution >= 4 is 5.97 Å². The van der Waals surface area contributed by atoms with Gasteiger partial charge in [-0.1, -0.05) is 133 Å². The summed E-state index contributed by atoms with van der Waals surface area (Å²) in [5, 5.41) is 9.42. The van der Waals surface area contributed by atoms with Gasteiger partial charge in [0.25, 0.3) is 0 Å². The Hall–Kier alpha value is -4.83. The van der Waals surface area contributed by atoms with Gasteiger partial charge in [-0.05, 0) is 39.9 Å². The lowest BCUT2D eigenvalue weighted by molar-refractivity contribution is -0.310.